The molecule has 0 bridgehead atoms. The van der Waals surface area contributed by atoms with Gasteiger partial charge in [0.2, 0.25) is 18.0 Å². The maximum atomic E-state index is 14.0. The molecule has 12 nitrogen and oxygen atoms in total. The molecule has 214 valence electrons. The van der Waals surface area contributed by atoms with E-state index in [9.17, 15) is 32.8 Å². The van der Waals surface area contributed by atoms with Gasteiger partial charge in [-0.15, -0.1) is 0 Å². The maximum absolute atomic E-state index is 14.0. The van der Waals surface area contributed by atoms with Crippen LogP contribution in [0.4, 0.5) is 13.6 Å². The van der Waals surface area contributed by atoms with E-state index in [1.165, 1.54) is 21.7 Å². The summed E-state index contributed by atoms with van der Waals surface area (Å²) in [6, 6.07) is 2.91. The van der Waals surface area contributed by atoms with Crippen molar-refractivity contribution in [3.63, 3.8) is 0 Å². The fourth-order valence-electron chi connectivity index (χ4n) is 4.57. The molecule has 0 aliphatic carbocycles. The number of halogens is 2. The van der Waals surface area contributed by atoms with Crippen LogP contribution in [0.3, 0.4) is 0 Å². The second-order valence-electron chi connectivity index (χ2n) is 9.23. The quantitative estimate of drug-likeness (QED) is 0.259. The van der Waals surface area contributed by atoms with Gasteiger partial charge < -0.3 is 33.5 Å². The Labute approximate surface area is 226 Å². The molecule has 3 heterocycles. The van der Waals surface area contributed by atoms with Crippen LogP contribution in [0, 0.1) is 11.6 Å². The molecule has 1 aromatic carbocycles. The third-order valence-electron chi connectivity index (χ3n) is 6.52. The summed E-state index contributed by atoms with van der Waals surface area (Å²) in [5, 5.41) is 8.59. The molecule has 0 radical (unpaired) electrons. The predicted octanol–water partition coefficient (Wildman–Crippen LogP) is 2.50. The number of Topliss-reactive ketones (excluding diaryl/α,β-unsaturated/α-hetero) is 1. The van der Waals surface area contributed by atoms with E-state index in [0.717, 1.165) is 12.1 Å². The number of hydrogen-bond acceptors (Lipinski definition) is 9. The zero-order valence-electron chi connectivity index (χ0n) is 21.4. The van der Waals surface area contributed by atoms with Gasteiger partial charge in [0.15, 0.2) is 24.3 Å². The average Bonchev–Trinajstić information content (AvgIpc) is 2.89. The lowest BCUT2D eigenvalue weighted by molar-refractivity contribution is -0.141. The monoisotopic (exact) mass is 564 g/mol. The van der Waals surface area contributed by atoms with Gasteiger partial charge in [-0.3, -0.25) is 14.4 Å². The highest BCUT2D eigenvalue weighted by atomic mass is 19.1. The normalized spacial score (nSPS) is 18.0. The molecule has 14 heteroatoms. The number of fused-ring (bicyclic) bond motifs is 2. The van der Waals surface area contributed by atoms with Crippen LogP contribution in [0.1, 0.15) is 52.6 Å². The number of aliphatic carboxylic acids is 1. The lowest BCUT2D eigenvalue weighted by Gasteiger charge is -2.44. The van der Waals surface area contributed by atoms with Gasteiger partial charge in [-0.25, -0.2) is 18.4 Å². The standard InChI is InChI=1S/C26H26F2N2O10/c1-14-7-8-37-20-11-29-10-17(19(31)4-2-3-15-5-6-16(27)9-18(15)28)23(34)24(22(29)25(35)30(14)20)39-13-40-26(36)38-12-21(32)33/h5-6,9-10,14,20H,2-4,7-8,11-13H2,1H3,(H,32,33)/t14-,20+/m1/s1. The number of hydrogen-bond donors (Lipinski definition) is 1. The molecule has 1 N–H and O–H groups in total. The second-order valence-corrected chi connectivity index (χ2v) is 9.23. The first kappa shape index (κ1) is 28.7. The smallest absolute Gasteiger partial charge is 0.479 e. The van der Waals surface area contributed by atoms with Crippen molar-refractivity contribution >= 4 is 23.8 Å². The van der Waals surface area contributed by atoms with E-state index in [-0.39, 0.29) is 48.7 Å². The third kappa shape index (κ3) is 6.28. The molecular formula is C26H26F2N2O10. The van der Waals surface area contributed by atoms with E-state index in [1.807, 2.05) is 6.92 Å². The van der Waals surface area contributed by atoms with Gasteiger partial charge in [-0.2, -0.15) is 0 Å². The van der Waals surface area contributed by atoms with Gasteiger partial charge >= 0.3 is 12.1 Å². The summed E-state index contributed by atoms with van der Waals surface area (Å²) in [5.74, 6) is -4.63. The molecule has 2 aromatic rings. The Balaban J connectivity index is 1.58. The van der Waals surface area contributed by atoms with Gasteiger partial charge in [0.05, 0.1) is 18.7 Å². The third-order valence-corrected chi connectivity index (χ3v) is 6.52. The summed E-state index contributed by atoms with van der Waals surface area (Å²) < 4.78 is 48.5. The first-order valence-electron chi connectivity index (χ1n) is 12.4. The summed E-state index contributed by atoms with van der Waals surface area (Å²) in [4.78, 5) is 63.5. The highest BCUT2D eigenvalue weighted by Crippen LogP contribution is 2.30. The van der Waals surface area contributed by atoms with Crippen LogP contribution in [0.2, 0.25) is 0 Å². The Morgan fingerprint density at radius 2 is 1.95 bits per heavy atom. The van der Waals surface area contributed by atoms with Crippen molar-refractivity contribution in [3.8, 4) is 5.75 Å². The minimum atomic E-state index is -1.42. The van der Waals surface area contributed by atoms with Crippen molar-refractivity contribution in [2.75, 3.05) is 20.0 Å². The SMILES string of the molecule is C[C@@H]1CCO[C@H]2Cn3cc(C(=O)CCCc4ccc(F)cc4F)c(=O)c(OCOC(=O)OCC(=O)O)c3C(=O)N12. The molecule has 40 heavy (non-hydrogen) atoms. The molecule has 4 rings (SSSR count). The molecule has 0 saturated carbocycles. The highest BCUT2D eigenvalue weighted by Gasteiger charge is 2.41. The second kappa shape index (κ2) is 12.2. The van der Waals surface area contributed by atoms with Gasteiger partial charge in [0.25, 0.3) is 5.91 Å². The summed E-state index contributed by atoms with van der Waals surface area (Å²) >= 11 is 0. The number of ether oxygens (including phenoxy) is 4. The summed E-state index contributed by atoms with van der Waals surface area (Å²) in [6.45, 7) is 0.447. The number of rotatable bonds is 10. The number of benzene rings is 1. The van der Waals surface area contributed by atoms with E-state index < -0.39 is 66.3 Å². The zero-order chi connectivity index (χ0) is 29.0. The molecule has 2 aliphatic heterocycles. The molecule has 0 spiro atoms. The summed E-state index contributed by atoms with van der Waals surface area (Å²) in [5.41, 5.74) is -1.20. The van der Waals surface area contributed by atoms with Crippen LogP contribution in [0.15, 0.2) is 29.2 Å². The van der Waals surface area contributed by atoms with Crippen molar-refractivity contribution in [1.82, 2.24) is 9.47 Å². The minimum absolute atomic E-state index is 0.0879. The minimum Gasteiger partial charge on any atom is -0.479 e. The summed E-state index contributed by atoms with van der Waals surface area (Å²) in [7, 11) is 0. The van der Waals surface area contributed by atoms with E-state index in [4.69, 9.17) is 14.6 Å². The van der Waals surface area contributed by atoms with Gasteiger partial charge in [0, 0.05) is 24.7 Å². The topological polar surface area (TPSA) is 151 Å². The van der Waals surface area contributed by atoms with Crippen molar-refractivity contribution in [1.29, 1.82) is 0 Å². The van der Waals surface area contributed by atoms with Crippen molar-refractivity contribution in [2.24, 2.45) is 0 Å². The Bertz CT molecular complexity index is 1390. The Hall–Kier alpha value is -4.33. The molecule has 1 saturated heterocycles. The number of carboxylic acids is 1. The van der Waals surface area contributed by atoms with Crippen molar-refractivity contribution < 1.29 is 52.0 Å². The van der Waals surface area contributed by atoms with Gasteiger partial charge in [-0.1, -0.05) is 6.07 Å². The van der Waals surface area contributed by atoms with E-state index in [0.29, 0.717) is 13.0 Å². The number of aromatic nitrogens is 1. The number of carbonyl (C=O) groups is 4. The number of carbonyl (C=O) groups excluding carboxylic acids is 3. The lowest BCUT2D eigenvalue weighted by Crippen LogP contribution is -2.57. The largest absolute Gasteiger partial charge is 0.511 e. The maximum Gasteiger partial charge on any atom is 0.511 e. The Kier molecular flexibility index (Phi) is 8.77. The van der Waals surface area contributed by atoms with Crippen LogP contribution >= 0.6 is 0 Å². The number of nitrogens with zero attached hydrogens (tertiary/aromatic N) is 2. The molecule has 2 aliphatic rings. The van der Waals surface area contributed by atoms with Gasteiger partial charge in [0.1, 0.15) is 11.6 Å². The van der Waals surface area contributed by atoms with Crippen LogP contribution in [0.5, 0.6) is 5.75 Å². The first-order valence-corrected chi connectivity index (χ1v) is 12.4. The van der Waals surface area contributed by atoms with Crippen LogP contribution in [-0.2, 0) is 32.0 Å². The Morgan fingerprint density at radius 1 is 1.18 bits per heavy atom. The van der Waals surface area contributed by atoms with Crippen LogP contribution in [-0.4, -0.2) is 70.7 Å². The fourth-order valence-corrected chi connectivity index (χ4v) is 4.57. The van der Waals surface area contributed by atoms with Crippen molar-refractivity contribution in [2.45, 2.75) is 51.4 Å². The molecule has 1 aromatic heterocycles. The van der Waals surface area contributed by atoms with Crippen LogP contribution in [0.25, 0.3) is 0 Å². The number of carboxylic acid groups (broad SMARTS) is 1. The lowest BCUT2D eigenvalue weighted by atomic mass is 10.0. The number of pyridine rings is 1. The average molecular weight is 564 g/mol. The summed E-state index contributed by atoms with van der Waals surface area (Å²) in [6.07, 6.45) is -0.141. The highest BCUT2D eigenvalue weighted by molar-refractivity contribution is 6.00. The Morgan fingerprint density at radius 3 is 2.67 bits per heavy atom. The van der Waals surface area contributed by atoms with Crippen molar-refractivity contribution in [3.05, 3.63) is 63.1 Å². The number of ketones is 1. The fraction of sp³-hybridized carbons (Fsp3) is 0.423. The van der Waals surface area contributed by atoms with Gasteiger partial charge in [-0.05, 0) is 37.8 Å². The van der Waals surface area contributed by atoms with E-state index >= 15 is 0 Å². The zero-order valence-corrected chi connectivity index (χ0v) is 21.4. The molecule has 2 atom stereocenters. The predicted molar refractivity (Wildman–Crippen MR) is 130 cm³/mol. The molecule has 1 amide bonds. The van der Waals surface area contributed by atoms with Crippen LogP contribution < -0.4 is 10.2 Å². The molecule has 0 unspecified atom stereocenters. The molecular weight excluding hydrogens is 538 g/mol. The number of amides is 1. The molecule has 1 fully saturated rings. The van der Waals surface area contributed by atoms with E-state index in [1.54, 1.807) is 0 Å². The van der Waals surface area contributed by atoms with E-state index in [2.05, 4.69) is 9.47 Å². The number of aryl methyl sites for hydroxylation is 1. The first-order chi connectivity index (χ1) is 19.1.